The predicted molar refractivity (Wildman–Crippen MR) is 97.5 cm³/mol. The number of amides is 1. The van der Waals surface area contributed by atoms with Crippen LogP contribution in [0.25, 0.3) is 0 Å². The predicted octanol–water partition coefficient (Wildman–Crippen LogP) is 3.65. The van der Waals surface area contributed by atoms with Gasteiger partial charge in [0.2, 0.25) is 5.91 Å². The number of benzene rings is 1. The molecule has 1 saturated heterocycles. The maximum atomic E-state index is 12.7. The fourth-order valence-corrected chi connectivity index (χ4v) is 3.43. The highest BCUT2D eigenvalue weighted by atomic mass is 79.9. The van der Waals surface area contributed by atoms with Crippen molar-refractivity contribution in [3.05, 3.63) is 34.3 Å². The van der Waals surface area contributed by atoms with Gasteiger partial charge in [0, 0.05) is 29.5 Å². The topological polar surface area (TPSA) is 32.3 Å². The van der Waals surface area contributed by atoms with Crippen LogP contribution in [-0.4, -0.2) is 37.0 Å². The summed E-state index contributed by atoms with van der Waals surface area (Å²) >= 11 is 3.58. The van der Waals surface area contributed by atoms with Crippen molar-refractivity contribution < 1.29 is 4.79 Å². The SMILES string of the molecule is CCC(Cc1ccccc1Br)C(=O)N1CCC(NC)CC1.Cl. The molecule has 0 radical (unpaired) electrons. The van der Waals surface area contributed by atoms with Crippen molar-refractivity contribution in [2.75, 3.05) is 20.1 Å². The first-order valence-corrected chi connectivity index (χ1v) is 8.64. The summed E-state index contributed by atoms with van der Waals surface area (Å²) in [7, 11) is 2.00. The number of rotatable bonds is 5. The van der Waals surface area contributed by atoms with E-state index in [4.69, 9.17) is 0 Å². The molecular formula is C17H26BrClN2O. The van der Waals surface area contributed by atoms with Crippen molar-refractivity contribution in [3.63, 3.8) is 0 Å². The number of likely N-dealkylation sites (tertiary alicyclic amines) is 1. The summed E-state index contributed by atoms with van der Waals surface area (Å²) in [5.41, 5.74) is 1.22. The summed E-state index contributed by atoms with van der Waals surface area (Å²) in [6, 6.07) is 8.77. The van der Waals surface area contributed by atoms with E-state index in [1.807, 2.05) is 25.2 Å². The molecular weight excluding hydrogens is 364 g/mol. The van der Waals surface area contributed by atoms with Gasteiger partial charge in [-0.05, 0) is 44.4 Å². The molecule has 0 aliphatic carbocycles. The second-order valence-electron chi connectivity index (χ2n) is 5.79. The molecule has 0 bridgehead atoms. The van der Waals surface area contributed by atoms with Crippen LogP contribution in [0, 0.1) is 5.92 Å². The van der Waals surface area contributed by atoms with Gasteiger partial charge in [0.1, 0.15) is 0 Å². The number of halogens is 2. The third kappa shape index (κ3) is 4.97. The zero-order valence-electron chi connectivity index (χ0n) is 13.3. The molecule has 1 amide bonds. The maximum absolute atomic E-state index is 12.7. The highest BCUT2D eigenvalue weighted by molar-refractivity contribution is 9.10. The average molecular weight is 390 g/mol. The summed E-state index contributed by atoms with van der Waals surface area (Å²) in [6.45, 7) is 3.88. The van der Waals surface area contributed by atoms with Gasteiger partial charge in [-0.25, -0.2) is 0 Å². The maximum Gasteiger partial charge on any atom is 0.226 e. The molecule has 124 valence electrons. The summed E-state index contributed by atoms with van der Waals surface area (Å²) in [5, 5.41) is 3.31. The Morgan fingerprint density at radius 2 is 2.00 bits per heavy atom. The van der Waals surface area contributed by atoms with E-state index in [-0.39, 0.29) is 18.3 Å². The highest BCUT2D eigenvalue weighted by Crippen LogP contribution is 2.23. The molecule has 22 heavy (non-hydrogen) atoms. The molecule has 5 heteroatoms. The van der Waals surface area contributed by atoms with Gasteiger partial charge in [-0.1, -0.05) is 41.1 Å². The summed E-state index contributed by atoms with van der Waals surface area (Å²) in [4.78, 5) is 14.8. The molecule has 3 nitrogen and oxygen atoms in total. The Morgan fingerprint density at radius 3 is 2.55 bits per heavy atom. The summed E-state index contributed by atoms with van der Waals surface area (Å²) < 4.78 is 1.10. The van der Waals surface area contributed by atoms with Crippen LogP contribution in [0.1, 0.15) is 31.7 Å². The monoisotopic (exact) mass is 388 g/mol. The van der Waals surface area contributed by atoms with E-state index in [1.165, 1.54) is 5.56 Å². The number of carbonyl (C=O) groups is 1. The van der Waals surface area contributed by atoms with Crippen molar-refractivity contribution in [2.45, 2.75) is 38.6 Å². The third-order valence-electron chi connectivity index (χ3n) is 4.48. The molecule has 1 aliphatic rings. The van der Waals surface area contributed by atoms with Crippen LogP contribution >= 0.6 is 28.3 Å². The fraction of sp³-hybridized carbons (Fsp3) is 0.588. The number of hydrogen-bond donors (Lipinski definition) is 1. The molecule has 2 rings (SSSR count). The van der Waals surface area contributed by atoms with Crippen molar-refractivity contribution in [2.24, 2.45) is 5.92 Å². The molecule has 1 fully saturated rings. The Labute approximate surface area is 148 Å². The van der Waals surface area contributed by atoms with Crippen molar-refractivity contribution >= 4 is 34.2 Å². The van der Waals surface area contributed by atoms with E-state index in [0.717, 1.165) is 43.2 Å². The molecule has 1 N–H and O–H groups in total. The van der Waals surface area contributed by atoms with Crippen LogP contribution in [0.15, 0.2) is 28.7 Å². The zero-order valence-corrected chi connectivity index (χ0v) is 15.8. The number of nitrogens with zero attached hydrogens (tertiary/aromatic N) is 1. The van der Waals surface area contributed by atoms with Gasteiger partial charge in [0.05, 0.1) is 0 Å². The van der Waals surface area contributed by atoms with Gasteiger partial charge in [0.25, 0.3) is 0 Å². The lowest BCUT2D eigenvalue weighted by molar-refractivity contribution is -0.136. The Bertz CT molecular complexity index is 475. The summed E-state index contributed by atoms with van der Waals surface area (Å²) in [6.07, 6.45) is 3.84. The highest BCUT2D eigenvalue weighted by Gasteiger charge is 2.27. The van der Waals surface area contributed by atoms with Crippen molar-refractivity contribution in [1.29, 1.82) is 0 Å². The molecule has 1 aromatic rings. The quantitative estimate of drug-likeness (QED) is 0.833. The van der Waals surface area contributed by atoms with Crippen molar-refractivity contribution in [3.8, 4) is 0 Å². The van der Waals surface area contributed by atoms with E-state index in [1.54, 1.807) is 0 Å². The minimum Gasteiger partial charge on any atom is -0.342 e. The standard InChI is InChI=1S/C17H25BrN2O.ClH/c1-3-13(12-14-6-4-5-7-16(14)18)17(21)20-10-8-15(19-2)9-11-20;/h4-7,13,15,19H,3,8-12H2,1-2H3;1H. The summed E-state index contributed by atoms with van der Waals surface area (Å²) in [5.74, 6) is 0.414. The van der Waals surface area contributed by atoms with Crippen LogP contribution in [-0.2, 0) is 11.2 Å². The van der Waals surface area contributed by atoms with Gasteiger partial charge in [-0.2, -0.15) is 0 Å². The molecule has 1 unspecified atom stereocenters. The minimum absolute atomic E-state index is 0. The van der Waals surface area contributed by atoms with Crippen LogP contribution in [0.3, 0.4) is 0 Å². The normalized spacial score (nSPS) is 17.0. The van der Waals surface area contributed by atoms with E-state index >= 15 is 0 Å². The van der Waals surface area contributed by atoms with Gasteiger partial charge >= 0.3 is 0 Å². The van der Waals surface area contributed by atoms with Crippen LogP contribution < -0.4 is 5.32 Å². The lowest BCUT2D eigenvalue weighted by Crippen LogP contribution is -2.46. The number of piperidine rings is 1. The molecule has 1 atom stereocenters. The van der Waals surface area contributed by atoms with E-state index < -0.39 is 0 Å². The van der Waals surface area contributed by atoms with Crippen LogP contribution in [0.2, 0.25) is 0 Å². The largest absolute Gasteiger partial charge is 0.342 e. The van der Waals surface area contributed by atoms with Crippen LogP contribution in [0.5, 0.6) is 0 Å². The minimum atomic E-state index is 0. The Kier molecular flexibility index (Phi) is 8.44. The molecule has 0 spiro atoms. The number of carbonyl (C=O) groups excluding carboxylic acids is 1. The zero-order chi connectivity index (χ0) is 15.2. The first-order chi connectivity index (χ1) is 10.2. The smallest absolute Gasteiger partial charge is 0.226 e. The fourth-order valence-electron chi connectivity index (χ4n) is 2.98. The van der Waals surface area contributed by atoms with E-state index in [9.17, 15) is 4.79 Å². The lowest BCUT2D eigenvalue weighted by atomic mass is 9.94. The molecule has 1 aromatic carbocycles. The lowest BCUT2D eigenvalue weighted by Gasteiger charge is -2.34. The Balaban J connectivity index is 0.00000242. The molecule has 1 aliphatic heterocycles. The Hall–Kier alpha value is -0.580. The van der Waals surface area contributed by atoms with Gasteiger partial charge in [0.15, 0.2) is 0 Å². The molecule has 0 saturated carbocycles. The molecule has 1 heterocycles. The first-order valence-electron chi connectivity index (χ1n) is 7.85. The van der Waals surface area contributed by atoms with Crippen molar-refractivity contribution in [1.82, 2.24) is 10.2 Å². The average Bonchev–Trinajstić information content (AvgIpc) is 2.53. The van der Waals surface area contributed by atoms with Crippen LogP contribution in [0.4, 0.5) is 0 Å². The second kappa shape index (κ2) is 9.53. The first kappa shape index (κ1) is 19.5. The third-order valence-corrected chi connectivity index (χ3v) is 5.25. The van der Waals surface area contributed by atoms with Gasteiger partial charge < -0.3 is 10.2 Å². The number of hydrogen-bond acceptors (Lipinski definition) is 2. The molecule has 0 aromatic heterocycles. The van der Waals surface area contributed by atoms with Gasteiger partial charge in [-0.3, -0.25) is 4.79 Å². The van der Waals surface area contributed by atoms with Gasteiger partial charge in [-0.15, -0.1) is 12.4 Å². The second-order valence-corrected chi connectivity index (χ2v) is 6.64. The number of nitrogens with one attached hydrogen (secondary N) is 1. The van der Waals surface area contributed by atoms with E-state index in [0.29, 0.717) is 11.9 Å². The Morgan fingerprint density at radius 1 is 1.36 bits per heavy atom. The van der Waals surface area contributed by atoms with E-state index in [2.05, 4.69) is 39.1 Å².